The lowest BCUT2D eigenvalue weighted by atomic mass is 9.98. The first-order chi connectivity index (χ1) is 8.85. The highest BCUT2D eigenvalue weighted by Crippen LogP contribution is 2.55. The number of likely N-dealkylation sites (N-methyl/N-ethyl adjacent to an activating group) is 1. The number of hydrogen-bond acceptors (Lipinski definition) is 4. The minimum absolute atomic E-state index is 0.0532. The fourth-order valence-electron chi connectivity index (χ4n) is 1.64. The summed E-state index contributed by atoms with van der Waals surface area (Å²) in [7, 11) is 2.08. The highest BCUT2D eigenvalue weighted by atomic mass is 32.3. The van der Waals surface area contributed by atoms with Gasteiger partial charge in [-0.15, -0.1) is 10.3 Å². The molecule has 0 radical (unpaired) electrons. The maximum Gasteiger partial charge on any atom is 0.237 e. The fourth-order valence-corrected chi connectivity index (χ4v) is 2.76. The zero-order chi connectivity index (χ0) is 16.3. The number of primary amides is 1. The van der Waals surface area contributed by atoms with E-state index in [1.54, 1.807) is 25.9 Å². The van der Waals surface area contributed by atoms with Gasteiger partial charge in [0.1, 0.15) is 18.4 Å². The predicted molar refractivity (Wildman–Crippen MR) is 86.0 cm³/mol. The molecule has 0 bridgehead atoms. The summed E-state index contributed by atoms with van der Waals surface area (Å²) in [5.74, 6) is -0.873. The van der Waals surface area contributed by atoms with E-state index in [9.17, 15) is 9.59 Å². The molecule has 0 aromatic rings. The third-order valence-electron chi connectivity index (χ3n) is 3.72. The van der Waals surface area contributed by atoms with E-state index in [0.29, 0.717) is 0 Å². The van der Waals surface area contributed by atoms with E-state index in [1.165, 1.54) is 0 Å². The Kier molecular flexibility index (Phi) is 6.71. The largest absolute Gasteiger partial charge is 0.368 e. The van der Waals surface area contributed by atoms with Gasteiger partial charge in [0.15, 0.2) is 0 Å². The zero-order valence-corrected chi connectivity index (χ0v) is 14.8. The predicted octanol–water partition coefficient (Wildman–Crippen LogP) is 1.40. The van der Waals surface area contributed by atoms with E-state index < -0.39 is 34.3 Å². The molecule has 2 N–H and O–H groups in total. The van der Waals surface area contributed by atoms with Crippen LogP contribution in [0, 0.1) is 5.92 Å². The molecule has 0 aromatic heterocycles. The van der Waals surface area contributed by atoms with Crippen LogP contribution in [-0.4, -0.2) is 60.6 Å². The topological polar surface area (TPSA) is 72.6 Å². The van der Waals surface area contributed by atoms with E-state index in [1.807, 2.05) is 12.5 Å². The van der Waals surface area contributed by atoms with Gasteiger partial charge < -0.3 is 14.7 Å². The van der Waals surface area contributed by atoms with Gasteiger partial charge in [-0.1, -0.05) is 27.7 Å². The average Bonchev–Trinajstić information content (AvgIpc) is 2.24. The maximum atomic E-state index is 11.7. The summed E-state index contributed by atoms with van der Waals surface area (Å²) >= 11 is 0. The second-order valence-electron chi connectivity index (χ2n) is 6.71. The minimum atomic E-state index is -1.46. The lowest BCUT2D eigenvalue weighted by Crippen LogP contribution is -2.53. The molecule has 0 spiro atoms. The first-order valence-electron chi connectivity index (χ1n) is 6.67. The van der Waals surface area contributed by atoms with Crippen LogP contribution in [0.4, 0.5) is 0 Å². The summed E-state index contributed by atoms with van der Waals surface area (Å²) in [5, 5.41) is 0. The lowest BCUT2D eigenvalue weighted by molar-refractivity contribution is -0.127. The van der Waals surface area contributed by atoms with Crippen LogP contribution < -0.4 is 5.73 Å². The molecule has 0 rings (SSSR count). The van der Waals surface area contributed by atoms with E-state index >= 15 is 0 Å². The Morgan fingerprint density at radius 3 is 2.00 bits per heavy atom. The first kappa shape index (κ1) is 19.4. The second kappa shape index (κ2) is 6.91. The van der Waals surface area contributed by atoms with Gasteiger partial charge in [-0.2, -0.15) is 0 Å². The van der Waals surface area contributed by atoms with Crippen molar-refractivity contribution >= 4 is 22.5 Å². The smallest absolute Gasteiger partial charge is 0.237 e. The summed E-state index contributed by atoms with van der Waals surface area (Å²) in [6.45, 7) is 8.05. The zero-order valence-electron chi connectivity index (χ0n) is 14.0. The second-order valence-corrected chi connectivity index (χ2v) is 10.6. The molecular formula is C14H30N2O3S. The molecule has 1 amide bonds. The average molecular weight is 306 g/mol. The monoisotopic (exact) mass is 306 g/mol. The molecule has 3 unspecified atom stereocenters. The molecule has 0 saturated carbocycles. The number of amides is 1. The van der Waals surface area contributed by atoms with Gasteiger partial charge in [0.05, 0.1) is 0 Å². The molecule has 0 aromatic carbocycles. The van der Waals surface area contributed by atoms with Crippen molar-refractivity contribution in [3.63, 3.8) is 0 Å². The first-order valence-corrected chi connectivity index (χ1v) is 9.04. The van der Waals surface area contributed by atoms with Crippen molar-refractivity contribution in [3.8, 4) is 0 Å². The van der Waals surface area contributed by atoms with Crippen LogP contribution in [0.25, 0.3) is 0 Å². The maximum absolute atomic E-state index is 11.7. The van der Waals surface area contributed by atoms with Crippen LogP contribution in [0.5, 0.6) is 0 Å². The van der Waals surface area contributed by atoms with Crippen molar-refractivity contribution in [2.75, 3.05) is 26.6 Å². The number of aldehydes is 1. The Hall–Kier alpha value is -0.590. The van der Waals surface area contributed by atoms with Crippen molar-refractivity contribution in [3.05, 3.63) is 0 Å². The molecule has 0 aliphatic rings. The number of hydrogen-bond donors (Lipinski definition) is 1. The van der Waals surface area contributed by atoms with Crippen LogP contribution in [-0.2, 0) is 13.8 Å². The molecular weight excluding hydrogens is 276 g/mol. The number of carbonyl (C=O) groups is 2. The summed E-state index contributed by atoms with van der Waals surface area (Å²) in [6.07, 6.45) is 4.38. The quantitative estimate of drug-likeness (QED) is 0.722. The molecule has 0 aliphatic heterocycles. The third-order valence-corrected chi connectivity index (χ3v) is 7.37. The number of rotatable bonds is 7. The Labute approximate surface area is 124 Å². The molecule has 20 heavy (non-hydrogen) atoms. The lowest BCUT2D eigenvalue weighted by Gasteiger charge is -2.48. The van der Waals surface area contributed by atoms with Gasteiger partial charge in [-0.05, 0) is 26.6 Å². The highest BCUT2D eigenvalue weighted by Gasteiger charge is 2.39. The van der Waals surface area contributed by atoms with Gasteiger partial charge in [0, 0.05) is 10.7 Å². The van der Waals surface area contributed by atoms with E-state index in [-0.39, 0.29) is 4.75 Å². The number of nitrogens with two attached hydrogens (primary N) is 1. The standard InChI is InChI=1S/C14H30N2O3S/c1-10(9-17)12(11(13(15)18)16(5)6)19-20(7,8)14(2,3)4/h9-12H,1-8H3,(H2,15,18). The molecule has 3 atom stereocenters. The molecule has 0 heterocycles. The van der Waals surface area contributed by atoms with Crippen molar-refractivity contribution in [1.82, 2.24) is 4.90 Å². The molecule has 5 nitrogen and oxygen atoms in total. The molecule has 0 saturated heterocycles. The van der Waals surface area contributed by atoms with Crippen LogP contribution in [0.3, 0.4) is 0 Å². The van der Waals surface area contributed by atoms with Crippen LogP contribution in [0.1, 0.15) is 27.7 Å². The molecule has 120 valence electrons. The van der Waals surface area contributed by atoms with Crippen molar-refractivity contribution in [2.45, 2.75) is 44.6 Å². The number of carbonyl (C=O) groups excluding carboxylic acids is 2. The van der Waals surface area contributed by atoms with Crippen molar-refractivity contribution in [1.29, 1.82) is 0 Å². The third kappa shape index (κ3) is 4.75. The Morgan fingerprint density at radius 1 is 1.30 bits per heavy atom. The van der Waals surface area contributed by atoms with E-state index in [0.717, 1.165) is 6.29 Å². The summed E-state index contributed by atoms with van der Waals surface area (Å²) in [6, 6.07) is -0.621. The summed E-state index contributed by atoms with van der Waals surface area (Å²) in [4.78, 5) is 24.6. The number of nitrogens with zero attached hydrogens (tertiary/aromatic N) is 1. The Bertz CT molecular complexity index is 351. The van der Waals surface area contributed by atoms with Gasteiger partial charge in [0.2, 0.25) is 5.91 Å². The minimum Gasteiger partial charge on any atom is -0.368 e. The normalized spacial score (nSPS) is 18.4. The van der Waals surface area contributed by atoms with E-state index in [2.05, 4.69) is 20.8 Å². The highest BCUT2D eigenvalue weighted by molar-refractivity contribution is 8.29. The molecule has 0 aliphatic carbocycles. The van der Waals surface area contributed by atoms with Gasteiger partial charge in [-0.25, -0.2) is 0 Å². The Balaban J connectivity index is 5.48. The van der Waals surface area contributed by atoms with Crippen molar-refractivity contribution < 1.29 is 13.8 Å². The summed E-state index contributed by atoms with van der Waals surface area (Å²) in [5.41, 5.74) is 5.49. The van der Waals surface area contributed by atoms with Gasteiger partial charge in [0.25, 0.3) is 0 Å². The SMILES string of the molecule is CC(C=O)C(OS(C)(C)C(C)(C)C)C(C(N)=O)N(C)C. The van der Waals surface area contributed by atoms with Crippen LogP contribution >= 0.6 is 10.3 Å². The van der Waals surface area contributed by atoms with Crippen LogP contribution in [0.2, 0.25) is 0 Å². The summed E-state index contributed by atoms with van der Waals surface area (Å²) < 4.78 is 6.20. The Morgan fingerprint density at radius 2 is 1.75 bits per heavy atom. The van der Waals surface area contributed by atoms with E-state index in [4.69, 9.17) is 9.92 Å². The fraction of sp³-hybridized carbons (Fsp3) is 0.857. The molecule has 0 fully saturated rings. The van der Waals surface area contributed by atoms with Gasteiger partial charge in [-0.3, -0.25) is 9.69 Å². The van der Waals surface area contributed by atoms with Crippen molar-refractivity contribution in [2.24, 2.45) is 11.7 Å². The van der Waals surface area contributed by atoms with Gasteiger partial charge >= 0.3 is 0 Å². The van der Waals surface area contributed by atoms with Crippen LogP contribution in [0.15, 0.2) is 0 Å². The molecule has 6 heteroatoms.